The van der Waals surface area contributed by atoms with E-state index in [4.69, 9.17) is 0 Å². The van der Waals surface area contributed by atoms with Crippen molar-refractivity contribution in [2.45, 2.75) is 38.8 Å². The summed E-state index contributed by atoms with van der Waals surface area (Å²) < 4.78 is 40.1. The van der Waals surface area contributed by atoms with Gasteiger partial charge in [-0.1, -0.05) is 45.2 Å². The van der Waals surface area contributed by atoms with Gasteiger partial charge in [0.25, 0.3) is 0 Å². The molecule has 0 amide bonds. The van der Waals surface area contributed by atoms with Crippen molar-refractivity contribution in [3.05, 3.63) is 0 Å². The minimum Gasteiger partial charge on any atom is -0.372 e. The van der Waals surface area contributed by atoms with Crippen molar-refractivity contribution in [2.24, 2.45) is 5.41 Å². The summed E-state index contributed by atoms with van der Waals surface area (Å²) in [4.78, 5) is 0. The molecule has 0 saturated heterocycles. The first-order valence-electron chi connectivity index (χ1n) is 5.65. The van der Waals surface area contributed by atoms with Gasteiger partial charge in [0, 0.05) is 17.3 Å². The first-order chi connectivity index (χ1) is 7.89. The minimum absolute atomic E-state index is 0.135. The topological polar surface area (TPSA) is 9.23 Å². The van der Waals surface area contributed by atoms with Crippen molar-refractivity contribution in [3.8, 4) is 0 Å². The zero-order valence-corrected chi connectivity index (χ0v) is 13.1. The highest BCUT2D eigenvalue weighted by atomic mass is 79.9. The number of halogens is 5. The first kappa shape index (κ1) is 17.7. The Balaban J connectivity index is 3.83. The van der Waals surface area contributed by atoms with Crippen LogP contribution in [0.5, 0.6) is 0 Å². The Hall–Kier alpha value is 0.710. The van der Waals surface area contributed by atoms with E-state index in [2.05, 4.69) is 43.5 Å². The van der Waals surface area contributed by atoms with Gasteiger partial charge in [-0.25, -0.2) is 0 Å². The normalized spacial score (nSPS) is 13.1. The number of hydrogen-bond donors (Lipinski definition) is 0. The van der Waals surface area contributed by atoms with Crippen molar-refractivity contribution in [2.75, 3.05) is 23.9 Å². The molecule has 1 nitrogen and oxygen atoms in total. The fourth-order valence-corrected chi connectivity index (χ4v) is 3.75. The molecular weight excluding hydrogens is 365 g/mol. The molecule has 0 spiro atoms. The third-order valence-corrected chi connectivity index (χ3v) is 4.99. The van der Waals surface area contributed by atoms with Crippen LogP contribution in [0.1, 0.15) is 32.6 Å². The van der Waals surface area contributed by atoms with Gasteiger partial charge in [-0.3, -0.25) is 0 Å². The Labute approximate surface area is 118 Å². The standard InChI is InChI=1S/C11H19Br2F3O/c1-2-4-10(7-12,8-13)5-3-6-17-9-11(14,15)16/h2-9H2,1H3. The van der Waals surface area contributed by atoms with Gasteiger partial charge in [0.2, 0.25) is 0 Å². The highest BCUT2D eigenvalue weighted by Crippen LogP contribution is 2.34. The lowest BCUT2D eigenvalue weighted by atomic mass is 9.83. The fraction of sp³-hybridized carbons (Fsp3) is 1.00. The molecule has 6 heteroatoms. The van der Waals surface area contributed by atoms with Crippen LogP contribution in [0.4, 0.5) is 13.2 Å². The largest absolute Gasteiger partial charge is 0.411 e. The predicted octanol–water partition coefficient (Wildman–Crippen LogP) is 4.92. The Kier molecular flexibility index (Phi) is 9.12. The second-order valence-electron chi connectivity index (χ2n) is 4.29. The van der Waals surface area contributed by atoms with Crippen molar-refractivity contribution in [1.29, 1.82) is 0 Å². The van der Waals surface area contributed by atoms with Gasteiger partial charge in [-0.05, 0) is 24.7 Å². The first-order valence-corrected chi connectivity index (χ1v) is 7.90. The van der Waals surface area contributed by atoms with Crippen LogP contribution in [0.2, 0.25) is 0 Å². The summed E-state index contributed by atoms with van der Waals surface area (Å²) in [6.45, 7) is 1.14. The molecule has 0 saturated carbocycles. The number of rotatable bonds is 9. The van der Waals surface area contributed by atoms with Gasteiger partial charge in [0.1, 0.15) is 6.61 Å². The minimum atomic E-state index is -4.22. The second kappa shape index (κ2) is 8.75. The van der Waals surface area contributed by atoms with Crippen molar-refractivity contribution >= 4 is 31.9 Å². The van der Waals surface area contributed by atoms with Crippen LogP contribution in [0, 0.1) is 5.41 Å². The Morgan fingerprint density at radius 1 is 1.06 bits per heavy atom. The lowest BCUT2D eigenvalue weighted by Crippen LogP contribution is -2.25. The summed E-state index contributed by atoms with van der Waals surface area (Å²) in [7, 11) is 0. The van der Waals surface area contributed by atoms with Gasteiger partial charge in [0.05, 0.1) is 0 Å². The van der Waals surface area contributed by atoms with Gasteiger partial charge in [0.15, 0.2) is 0 Å². The highest BCUT2D eigenvalue weighted by Gasteiger charge is 2.28. The number of hydrogen-bond acceptors (Lipinski definition) is 1. The van der Waals surface area contributed by atoms with Crippen LogP contribution in [0.3, 0.4) is 0 Å². The zero-order valence-electron chi connectivity index (χ0n) is 9.95. The van der Waals surface area contributed by atoms with E-state index in [0.717, 1.165) is 29.9 Å². The third-order valence-electron chi connectivity index (χ3n) is 2.61. The van der Waals surface area contributed by atoms with Crippen LogP contribution in [-0.4, -0.2) is 30.1 Å². The molecule has 104 valence electrons. The molecule has 0 aliphatic carbocycles. The molecule has 0 aromatic rings. The fourth-order valence-electron chi connectivity index (χ4n) is 1.70. The lowest BCUT2D eigenvalue weighted by molar-refractivity contribution is -0.174. The molecule has 0 atom stereocenters. The molecule has 0 aliphatic rings. The number of alkyl halides is 5. The molecule has 0 aliphatic heterocycles. The lowest BCUT2D eigenvalue weighted by Gasteiger charge is -2.29. The van der Waals surface area contributed by atoms with Crippen molar-refractivity contribution in [3.63, 3.8) is 0 Å². The molecule has 0 bridgehead atoms. The van der Waals surface area contributed by atoms with Crippen LogP contribution in [-0.2, 0) is 4.74 Å². The smallest absolute Gasteiger partial charge is 0.372 e. The average Bonchev–Trinajstić information content (AvgIpc) is 2.26. The molecule has 0 N–H and O–H groups in total. The summed E-state index contributed by atoms with van der Waals surface area (Å²) in [6.07, 6.45) is -0.558. The SMILES string of the molecule is CCCC(CBr)(CBr)CCCOCC(F)(F)F. The zero-order chi connectivity index (χ0) is 13.4. The van der Waals surface area contributed by atoms with E-state index >= 15 is 0 Å². The van der Waals surface area contributed by atoms with E-state index in [1.807, 2.05) is 0 Å². The molecule has 0 aromatic carbocycles. The van der Waals surface area contributed by atoms with Gasteiger partial charge in [-0.2, -0.15) is 13.2 Å². The molecule has 17 heavy (non-hydrogen) atoms. The van der Waals surface area contributed by atoms with Crippen LogP contribution >= 0.6 is 31.9 Å². The van der Waals surface area contributed by atoms with Crippen molar-refractivity contribution in [1.82, 2.24) is 0 Å². The monoisotopic (exact) mass is 382 g/mol. The molecular formula is C11H19Br2F3O. The van der Waals surface area contributed by atoms with E-state index in [0.29, 0.717) is 6.42 Å². The van der Waals surface area contributed by atoms with Crippen molar-refractivity contribution < 1.29 is 17.9 Å². The Bertz CT molecular complexity index is 194. The molecule has 0 rings (SSSR count). The van der Waals surface area contributed by atoms with E-state index in [1.165, 1.54) is 0 Å². The second-order valence-corrected chi connectivity index (χ2v) is 5.41. The molecule has 0 unspecified atom stereocenters. The maximum absolute atomic E-state index is 11.8. The Morgan fingerprint density at radius 2 is 1.65 bits per heavy atom. The van der Waals surface area contributed by atoms with Crippen LogP contribution in [0.25, 0.3) is 0 Å². The molecule has 0 aromatic heterocycles. The number of ether oxygens (including phenoxy) is 1. The van der Waals surface area contributed by atoms with Crippen LogP contribution < -0.4 is 0 Å². The average molecular weight is 384 g/mol. The quantitative estimate of drug-likeness (QED) is 0.405. The molecule has 0 fully saturated rings. The summed E-state index contributed by atoms with van der Waals surface area (Å²) in [5.41, 5.74) is 0.135. The predicted molar refractivity (Wildman–Crippen MR) is 71.0 cm³/mol. The highest BCUT2D eigenvalue weighted by molar-refractivity contribution is 9.09. The van der Waals surface area contributed by atoms with E-state index in [9.17, 15) is 13.2 Å². The van der Waals surface area contributed by atoms with E-state index < -0.39 is 12.8 Å². The third kappa shape index (κ3) is 8.43. The summed E-state index contributed by atoms with van der Waals surface area (Å²) in [5.74, 6) is 0. The maximum atomic E-state index is 11.8. The molecule has 0 heterocycles. The summed E-state index contributed by atoms with van der Waals surface area (Å²) >= 11 is 6.97. The maximum Gasteiger partial charge on any atom is 0.411 e. The van der Waals surface area contributed by atoms with E-state index in [1.54, 1.807) is 0 Å². The van der Waals surface area contributed by atoms with Gasteiger partial charge >= 0.3 is 6.18 Å². The van der Waals surface area contributed by atoms with Crippen LogP contribution in [0.15, 0.2) is 0 Å². The molecule has 0 radical (unpaired) electrons. The van der Waals surface area contributed by atoms with Gasteiger partial charge in [-0.15, -0.1) is 0 Å². The Morgan fingerprint density at radius 3 is 2.06 bits per heavy atom. The summed E-state index contributed by atoms with van der Waals surface area (Å²) in [6, 6.07) is 0. The van der Waals surface area contributed by atoms with Gasteiger partial charge < -0.3 is 4.74 Å². The summed E-state index contributed by atoms with van der Waals surface area (Å²) in [5, 5.41) is 1.72. The van der Waals surface area contributed by atoms with E-state index in [-0.39, 0.29) is 12.0 Å².